The van der Waals surface area contributed by atoms with E-state index in [9.17, 15) is 4.39 Å². The highest BCUT2D eigenvalue weighted by atomic mass is 19.1. The molecule has 1 heterocycles. The van der Waals surface area contributed by atoms with E-state index in [1.807, 2.05) is 18.2 Å². The zero-order chi connectivity index (χ0) is 20.5. The van der Waals surface area contributed by atoms with Crippen LogP contribution in [0.3, 0.4) is 0 Å². The summed E-state index contributed by atoms with van der Waals surface area (Å²) in [4.78, 5) is 4.34. The summed E-state index contributed by atoms with van der Waals surface area (Å²) in [6, 6.07) is 15.0. The average molecular weight is 400 g/mol. The van der Waals surface area contributed by atoms with Crippen molar-refractivity contribution < 1.29 is 13.9 Å². The molecule has 6 heteroatoms. The number of halogens is 1. The van der Waals surface area contributed by atoms with E-state index < -0.39 is 0 Å². The Morgan fingerprint density at radius 3 is 2.55 bits per heavy atom. The van der Waals surface area contributed by atoms with Gasteiger partial charge in [-0.2, -0.15) is 0 Å². The molecule has 0 unspecified atom stereocenters. The number of nitrogens with zero attached hydrogens (tertiary/aromatic N) is 1. The Balaban J connectivity index is 1.57. The topological polar surface area (TPSA) is 54.9 Å². The Labute approximate surface area is 172 Å². The lowest BCUT2D eigenvalue weighted by Crippen LogP contribution is -2.48. The largest absolute Gasteiger partial charge is 0.497 e. The van der Waals surface area contributed by atoms with Gasteiger partial charge in [-0.15, -0.1) is 0 Å². The van der Waals surface area contributed by atoms with Crippen LogP contribution in [0.1, 0.15) is 24.0 Å². The summed E-state index contributed by atoms with van der Waals surface area (Å²) in [5.74, 6) is 1.41. The van der Waals surface area contributed by atoms with Crippen LogP contribution in [0.5, 0.6) is 5.75 Å². The molecule has 0 aliphatic carbocycles. The Morgan fingerprint density at radius 1 is 1.14 bits per heavy atom. The maximum absolute atomic E-state index is 13.8. The Kier molecular flexibility index (Phi) is 7.47. The maximum atomic E-state index is 13.8. The molecule has 0 spiro atoms. The van der Waals surface area contributed by atoms with Gasteiger partial charge in [0, 0.05) is 38.8 Å². The number of hydrogen-bond donors (Lipinski definition) is 2. The number of rotatable bonds is 7. The molecule has 1 fully saturated rings. The van der Waals surface area contributed by atoms with Crippen molar-refractivity contribution in [2.24, 2.45) is 4.99 Å². The van der Waals surface area contributed by atoms with Crippen LogP contribution < -0.4 is 15.4 Å². The summed E-state index contributed by atoms with van der Waals surface area (Å²) in [6.07, 6.45) is 2.59. The third kappa shape index (κ3) is 5.70. The van der Waals surface area contributed by atoms with Crippen LogP contribution in [0.4, 0.5) is 4.39 Å². The first-order chi connectivity index (χ1) is 14.1. The van der Waals surface area contributed by atoms with Gasteiger partial charge in [-0.3, -0.25) is 4.99 Å². The standard InChI is InChI=1S/C23H30FN3O2/c1-25-22(26-13-10-18-6-8-21(28-2)9-7-18)27-17-23(11-14-29-15-12-23)19-4-3-5-20(24)16-19/h3-9,16H,10-15,17H2,1-2H3,(H2,25,26,27). The smallest absolute Gasteiger partial charge is 0.191 e. The van der Waals surface area contributed by atoms with Crippen LogP contribution in [-0.2, 0) is 16.6 Å². The number of methoxy groups -OCH3 is 1. The van der Waals surface area contributed by atoms with Gasteiger partial charge in [0.2, 0.25) is 0 Å². The van der Waals surface area contributed by atoms with Crippen molar-refractivity contribution in [1.29, 1.82) is 0 Å². The van der Waals surface area contributed by atoms with Crippen molar-refractivity contribution in [2.75, 3.05) is 40.5 Å². The normalized spacial score (nSPS) is 16.3. The summed E-state index contributed by atoms with van der Waals surface area (Å²) >= 11 is 0. The van der Waals surface area contributed by atoms with E-state index in [1.165, 1.54) is 11.6 Å². The van der Waals surface area contributed by atoms with Crippen LogP contribution in [-0.4, -0.2) is 46.4 Å². The number of hydrogen-bond acceptors (Lipinski definition) is 3. The van der Waals surface area contributed by atoms with Gasteiger partial charge in [0.25, 0.3) is 0 Å². The first-order valence-corrected chi connectivity index (χ1v) is 10.1. The minimum atomic E-state index is -0.199. The molecule has 2 N–H and O–H groups in total. The van der Waals surface area contributed by atoms with Crippen molar-refractivity contribution in [3.63, 3.8) is 0 Å². The van der Waals surface area contributed by atoms with Gasteiger partial charge in [0.05, 0.1) is 7.11 Å². The zero-order valence-corrected chi connectivity index (χ0v) is 17.2. The monoisotopic (exact) mass is 399 g/mol. The minimum Gasteiger partial charge on any atom is -0.497 e. The lowest BCUT2D eigenvalue weighted by Gasteiger charge is -2.38. The molecule has 1 saturated heterocycles. The van der Waals surface area contributed by atoms with E-state index >= 15 is 0 Å². The summed E-state index contributed by atoms with van der Waals surface area (Å²) in [6.45, 7) is 2.81. The Bertz CT molecular complexity index is 802. The van der Waals surface area contributed by atoms with Crippen LogP contribution in [0.2, 0.25) is 0 Å². The molecule has 0 aromatic heterocycles. The van der Waals surface area contributed by atoms with E-state index in [2.05, 4.69) is 27.8 Å². The Morgan fingerprint density at radius 2 is 1.90 bits per heavy atom. The molecule has 3 rings (SSSR count). The van der Waals surface area contributed by atoms with Gasteiger partial charge in [0.15, 0.2) is 5.96 Å². The highest BCUT2D eigenvalue weighted by Crippen LogP contribution is 2.34. The predicted molar refractivity (Wildman–Crippen MR) is 114 cm³/mol. The maximum Gasteiger partial charge on any atom is 0.191 e. The van der Waals surface area contributed by atoms with E-state index in [-0.39, 0.29) is 11.2 Å². The molecule has 0 atom stereocenters. The van der Waals surface area contributed by atoms with Crippen LogP contribution >= 0.6 is 0 Å². The molecular formula is C23H30FN3O2. The van der Waals surface area contributed by atoms with Gasteiger partial charge >= 0.3 is 0 Å². The summed E-state index contributed by atoms with van der Waals surface area (Å²) < 4.78 is 24.6. The van der Waals surface area contributed by atoms with E-state index in [0.717, 1.165) is 43.1 Å². The highest BCUT2D eigenvalue weighted by molar-refractivity contribution is 5.79. The van der Waals surface area contributed by atoms with E-state index in [4.69, 9.17) is 9.47 Å². The third-order valence-corrected chi connectivity index (χ3v) is 5.57. The fourth-order valence-corrected chi connectivity index (χ4v) is 3.74. The molecule has 156 valence electrons. The van der Waals surface area contributed by atoms with Crippen molar-refractivity contribution in [2.45, 2.75) is 24.7 Å². The van der Waals surface area contributed by atoms with Crippen LogP contribution in [0, 0.1) is 5.82 Å². The molecule has 0 bridgehead atoms. The molecule has 2 aromatic carbocycles. The molecule has 29 heavy (non-hydrogen) atoms. The molecule has 0 saturated carbocycles. The number of benzene rings is 2. The van der Waals surface area contributed by atoms with Crippen LogP contribution in [0.15, 0.2) is 53.5 Å². The average Bonchev–Trinajstić information content (AvgIpc) is 2.77. The molecule has 0 radical (unpaired) electrons. The fourth-order valence-electron chi connectivity index (χ4n) is 3.74. The lowest BCUT2D eigenvalue weighted by molar-refractivity contribution is 0.0513. The van der Waals surface area contributed by atoms with Crippen LogP contribution in [0.25, 0.3) is 0 Å². The number of guanidine groups is 1. The first kappa shape index (κ1) is 21.1. The second kappa shape index (κ2) is 10.3. The molecular weight excluding hydrogens is 369 g/mol. The zero-order valence-electron chi connectivity index (χ0n) is 17.2. The fraction of sp³-hybridized carbons (Fsp3) is 0.435. The molecule has 5 nitrogen and oxygen atoms in total. The second-order valence-electron chi connectivity index (χ2n) is 7.35. The second-order valence-corrected chi connectivity index (χ2v) is 7.35. The van der Waals surface area contributed by atoms with Crippen molar-refractivity contribution in [1.82, 2.24) is 10.6 Å². The van der Waals surface area contributed by atoms with Gasteiger partial charge in [0.1, 0.15) is 11.6 Å². The van der Waals surface area contributed by atoms with E-state index in [1.54, 1.807) is 26.3 Å². The van der Waals surface area contributed by atoms with Gasteiger partial charge < -0.3 is 20.1 Å². The SMILES string of the molecule is CN=C(NCCc1ccc(OC)cc1)NCC1(c2cccc(F)c2)CCOCC1. The molecule has 0 amide bonds. The summed E-state index contributed by atoms with van der Waals surface area (Å²) in [5, 5.41) is 6.81. The molecule has 2 aromatic rings. The van der Waals surface area contributed by atoms with Crippen molar-refractivity contribution in [3.05, 3.63) is 65.5 Å². The van der Waals surface area contributed by atoms with Gasteiger partial charge in [-0.1, -0.05) is 24.3 Å². The quantitative estimate of drug-likeness (QED) is 0.554. The summed E-state index contributed by atoms with van der Waals surface area (Å²) in [5.41, 5.74) is 2.09. The first-order valence-electron chi connectivity index (χ1n) is 10.1. The number of nitrogens with one attached hydrogen (secondary N) is 2. The van der Waals surface area contributed by atoms with Crippen molar-refractivity contribution >= 4 is 5.96 Å². The predicted octanol–water partition coefficient (Wildman–Crippen LogP) is 3.29. The van der Waals surface area contributed by atoms with Gasteiger partial charge in [-0.25, -0.2) is 4.39 Å². The third-order valence-electron chi connectivity index (χ3n) is 5.57. The minimum absolute atomic E-state index is 0.159. The van der Waals surface area contributed by atoms with E-state index in [0.29, 0.717) is 19.8 Å². The number of ether oxygens (including phenoxy) is 2. The highest BCUT2D eigenvalue weighted by Gasteiger charge is 2.34. The van der Waals surface area contributed by atoms with Gasteiger partial charge in [-0.05, 0) is 54.7 Å². The Hall–Kier alpha value is -2.60. The lowest BCUT2D eigenvalue weighted by atomic mass is 9.74. The molecule has 1 aliphatic rings. The number of aliphatic imine (C=N–C) groups is 1. The molecule has 1 aliphatic heterocycles. The van der Waals surface area contributed by atoms with Crippen molar-refractivity contribution in [3.8, 4) is 5.75 Å². The summed E-state index contributed by atoms with van der Waals surface area (Å²) in [7, 11) is 3.43.